The highest BCUT2D eigenvalue weighted by atomic mass is 32.2. The summed E-state index contributed by atoms with van der Waals surface area (Å²) in [6.07, 6.45) is -6.47. The predicted octanol–water partition coefficient (Wildman–Crippen LogP) is 3.04. The second-order valence-corrected chi connectivity index (χ2v) is 7.88. The van der Waals surface area contributed by atoms with Crippen molar-refractivity contribution in [2.75, 3.05) is 7.11 Å². The van der Waals surface area contributed by atoms with E-state index in [0.29, 0.717) is 5.56 Å². The van der Waals surface area contributed by atoms with Crippen LogP contribution in [-0.2, 0) is 26.1 Å². The van der Waals surface area contributed by atoms with Gasteiger partial charge in [0.05, 0.1) is 25.0 Å². The molecule has 2 aromatic carbocycles. The molecule has 2 aromatic rings. The Hall–Kier alpha value is -2.59. The Morgan fingerprint density at radius 1 is 1.07 bits per heavy atom. The molecule has 0 heterocycles. The molecule has 1 N–H and O–H groups in total. The number of ether oxygens (including phenoxy) is 1. The average Bonchev–Trinajstić information content (AvgIpc) is 2.66. The van der Waals surface area contributed by atoms with Crippen LogP contribution in [0.25, 0.3) is 0 Å². The van der Waals surface area contributed by atoms with E-state index in [1.165, 1.54) is 19.2 Å². The molecule has 0 aromatic heterocycles. The number of halogens is 3. The summed E-state index contributed by atoms with van der Waals surface area (Å²) < 4.78 is 69.8. The van der Waals surface area contributed by atoms with Gasteiger partial charge in [-0.15, -0.1) is 0 Å². The lowest BCUT2D eigenvalue weighted by Gasteiger charge is -2.20. The Kier molecular flexibility index (Phi) is 7.03. The highest BCUT2D eigenvalue weighted by Gasteiger charge is 2.50. The Balaban J connectivity index is 2.08. The number of carbonyl (C=O) groups excluding carboxylic acids is 1. The van der Waals surface area contributed by atoms with Crippen molar-refractivity contribution in [2.45, 2.75) is 29.3 Å². The van der Waals surface area contributed by atoms with Gasteiger partial charge in [-0.25, -0.2) is 13.9 Å². The van der Waals surface area contributed by atoms with Gasteiger partial charge in [0.15, 0.2) is 15.1 Å². The van der Waals surface area contributed by atoms with Gasteiger partial charge >= 0.3 is 6.18 Å². The third-order valence-corrected chi connectivity index (χ3v) is 5.88. The highest BCUT2D eigenvalue weighted by Crippen LogP contribution is 2.33. The summed E-state index contributed by atoms with van der Waals surface area (Å²) in [5.41, 5.74) is 2.53. The van der Waals surface area contributed by atoms with E-state index in [2.05, 4.69) is 0 Å². The fraction of sp³-hybridized carbons (Fsp3) is 0.278. The van der Waals surface area contributed by atoms with Gasteiger partial charge in [0, 0.05) is 0 Å². The third kappa shape index (κ3) is 5.70. The van der Waals surface area contributed by atoms with Gasteiger partial charge < -0.3 is 4.74 Å². The van der Waals surface area contributed by atoms with E-state index in [4.69, 9.17) is 9.57 Å². The monoisotopic (exact) mass is 417 g/mol. The van der Waals surface area contributed by atoms with Crippen LogP contribution in [0.2, 0.25) is 0 Å². The zero-order chi connectivity index (χ0) is 20.8. The van der Waals surface area contributed by atoms with E-state index in [0.717, 1.165) is 12.1 Å². The normalized spacial score (nSPS) is 13.0. The zero-order valence-electron chi connectivity index (χ0n) is 14.8. The minimum absolute atomic E-state index is 0.0749. The Labute approximate surface area is 160 Å². The number of alkyl halides is 3. The van der Waals surface area contributed by atoms with E-state index >= 15 is 0 Å². The maximum Gasteiger partial charge on any atom is 0.406 e. The fourth-order valence-corrected chi connectivity index (χ4v) is 3.88. The lowest BCUT2D eigenvalue weighted by molar-refractivity contribution is -0.148. The number of benzene rings is 2. The smallest absolute Gasteiger partial charge is 0.406 e. The minimum Gasteiger partial charge on any atom is -0.497 e. The summed E-state index contributed by atoms with van der Waals surface area (Å²) in [5, 5.41) is -2.91. The van der Waals surface area contributed by atoms with Crippen molar-refractivity contribution >= 4 is 15.7 Å². The van der Waals surface area contributed by atoms with Crippen molar-refractivity contribution in [1.82, 2.24) is 5.48 Å². The molecule has 0 saturated carbocycles. The van der Waals surface area contributed by atoms with Crippen LogP contribution in [0.4, 0.5) is 13.2 Å². The van der Waals surface area contributed by atoms with Crippen molar-refractivity contribution in [3.05, 3.63) is 60.2 Å². The molecule has 0 aliphatic carbocycles. The summed E-state index contributed by atoms with van der Waals surface area (Å²) >= 11 is 0. The number of hydrogen-bond acceptors (Lipinski definition) is 5. The van der Waals surface area contributed by atoms with Gasteiger partial charge in [0.1, 0.15) is 5.75 Å². The largest absolute Gasteiger partial charge is 0.497 e. The Bertz CT molecular complexity index is 884. The van der Waals surface area contributed by atoms with E-state index in [1.807, 2.05) is 5.48 Å². The summed E-state index contributed by atoms with van der Waals surface area (Å²) in [6.45, 7) is -0.0749. The maximum atomic E-state index is 13.4. The molecule has 0 bridgehead atoms. The summed E-state index contributed by atoms with van der Waals surface area (Å²) in [5.74, 6) is -0.912. The number of rotatable bonds is 8. The summed E-state index contributed by atoms with van der Waals surface area (Å²) in [6, 6.07) is 13.0. The van der Waals surface area contributed by atoms with Crippen LogP contribution in [0.3, 0.4) is 0 Å². The first-order valence-electron chi connectivity index (χ1n) is 8.04. The van der Waals surface area contributed by atoms with E-state index in [1.54, 1.807) is 30.3 Å². The second-order valence-electron chi connectivity index (χ2n) is 5.75. The van der Waals surface area contributed by atoms with Crippen LogP contribution < -0.4 is 10.2 Å². The first-order chi connectivity index (χ1) is 13.1. The van der Waals surface area contributed by atoms with Crippen molar-refractivity contribution < 1.29 is 36.0 Å². The van der Waals surface area contributed by atoms with Gasteiger partial charge in [-0.2, -0.15) is 13.2 Å². The Morgan fingerprint density at radius 3 is 2.21 bits per heavy atom. The van der Waals surface area contributed by atoms with Crippen molar-refractivity contribution in [3.8, 4) is 5.75 Å². The zero-order valence-corrected chi connectivity index (χ0v) is 15.6. The van der Waals surface area contributed by atoms with Crippen molar-refractivity contribution in [3.63, 3.8) is 0 Å². The molecule has 0 unspecified atom stereocenters. The van der Waals surface area contributed by atoms with Gasteiger partial charge in [0.25, 0.3) is 0 Å². The first kappa shape index (κ1) is 21.7. The van der Waals surface area contributed by atoms with E-state index in [9.17, 15) is 26.4 Å². The van der Waals surface area contributed by atoms with Crippen LogP contribution in [0.1, 0.15) is 12.0 Å². The predicted molar refractivity (Wildman–Crippen MR) is 94.0 cm³/mol. The Morgan fingerprint density at radius 2 is 1.68 bits per heavy atom. The highest BCUT2D eigenvalue weighted by molar-refractivity contribution is 7.92. The van der Waals surface area contributed by atoms with Gasteiger partial charge in [0.2, 0.25) is 5.91 Å². The molecule has 1 atom stereocenters. The number of methoxy groups -OCH3 is 1. The SMILES string of the molecule is COc1ccc(S(=O)(=O)[C@@H](CC(=O)NOCc2ccccc2)C(F)(F)F)cc1. The molecule has 152 valence electrons. The first-order valence-corrected chi connectivity index (χ1v) is 9.58. The standard InChI is InChI=1S/C18H18F3NO5S/c1-26-14-7-9-15(10-8-14)28(24,25)16(18(19,20)21)11-17(23)22-27-12-13-5-3-2-4-6-13/h2-10,16H,11-12H2,1H3,(H,22,23)/t16-/m0/s1. The molecule has 0 aliphatic rings. The van der Waals surface area contributed by atoms with Crippen LogP contribution in [0, 0.1) is 0 Å². The quantitative estimate of drug-likeness (QED) is 0.668. The number of hydroxylamine groups is 1. The molecule has 28 heavy (non-hydrogen) atoms. The molecule has 0 fully saturated rings. The lowest BCUT2D eigenvalue weighted by atomic mass is 10.2. The minimum atomic E-state index is -5.14. The lowest BCUT2D eigenvalue weighted by Crippen LogP contribution is -2.41. The van der Waals surface area contributed by atoms with Crippen molar-refractivity contribution in [2.24, 2.45) is 0 Å². The molecule has 6 nitrogen and oxygen atoms in total. The number of carbonyl (C=O) groups is 1. The molecule has 10 heteroatoms. The van der Waals surface area contributed by atoms with E-state index < -0.39 is 38.5 Å². The number of sulfone groups is 1. The van der Waals surface area contributed by atoms with Crippen LogP contribution in [0.5, 0.6) is 5.75 Å². The fourth-order valence-electron chi connectivity index (χ4n) is 2.32. The molecule has 0 aliphatic heterocycles. The molecule has 0 saturated heterocycles. The number of nitrogens with one attached hydrogen (secondary N) is 1. The van der Waals surface area contributed by atoms with Crippen LogP contribution >= 0.6 is 0 Å². The third-order valence-electron chi connectivity index (χ3n) is 3.77. The summed E-state index contributed by atoms with van der Waals surface area (Å²) in [4.78, 5) is 16.2. The maximum absolute atomic E-state index is 13.4. The topological polar surface area (TPSA) is 81.7 Å². The molecule has 2 rings (SSSR count). The van der Waals surface area contributed by atoms with Crippen LogP contribution in [-0.4, -0.2) is 32.9 Å². The molecular formula is C18H18F3NO5S. The molecular weight excluding hydrogens is 399 g/mol. The number of amides is 1. The summed E-state index contributed by atoms with van der Waals surface area (Å²) in [7, 11) is -3.52. The van der Waals surface area contributed by atoms with Gasteiger partial charge in [-0.05, 0) is 29.8 Å². The number of hydrogen-bond donors (Lipinski definition) is 1. The molecule has 0 radical (unpaired) electrons. The van der Waals surface area contributed by atoms with Gasteiger partial charge in [-0.1, -0.05) is 30.3 Å². The van der Waals surface area contributed by atoms with Crippen molar-refractivity contribution in [1.29, 1.82) is 0 Å². The average molecular weight is 417 g/mol. The molecule has 1 amide bonds. The van der Waals surface area contributed by atoms with Crippen LogP contribution in [0.15, 0.2) is 59.5 Å². The van der Waals surface area contributed by atoms with E-state index in [-0.39, 0.29) is 12.4 Å². The molecule has 0 spiro atoms. The second kappa shape index (κ2) is 9.07. The van der Waals surface area contributed by atoms with Gasteiger partial charge in [-0.3, -0.25) is 9.63 Å².